The van der Waals surface area contributed by atoms with Crippen LogP contribution >= 0.6 is 11.6 Å². The fourth-order valence-electron chi connectivity index (χ4n) is 1.95. The summed E-state index contributed by atoms with van der Waals surface area (Å²) < 4.78 is 2.13. The van der Waals surface area contributed by atoms with Gasteiger partial charge in [-0.3, -0.25) is 0 Å². The number of aryl methyl sites for hydroxylation is 1. The van der Waals surface area contributed by atoms with Crippen molar-refractivity contribution in [2.24, 2.45) is 7.05 Å². The van der Waals surface area contributed by atoms with E-state index >= 15 is 0 Å². The van der Waals surface area contributed by atoms with Crippen LogP contribution in [0.25, 0.3) is 11.0 Å². The Hall–Kier alpha value is -1.02. The first-order valence-electron chi connectivity index (χ1n) is 4.88. The Morgan fingerprint density at radius 1 is 1.43 bits per heavy atom. The molecule has 1 heterocycles. The Labute approximate surface area is 87.5 Å². The van der Waals surface area contributed by atoms with Gasteiger partial charge >= 0.3 is 0 Å². The zero-order chi connectivity index (χ0) is 9.71. The van der Waals surface area contributed by atoms with Crippen molar-refractivity contribution in [1.29, 1.82) is 0 Å². The highest BCUT2D eigenvalue weighted by Crippen LogP contribution is 2.40. The van der Waals surface area contributed by atoms with E-state index in [1.807, 2.05) is 18.2 Å². The normalized spacial score (nSPS) is 16.4. The number of hydrogen-bond acceptors (Lipinski definition) is 1. The van der Waals surface area contributed by atoms with Gasteiger partial charge in [-0.1, -0.05) is 17.7 Å². The second-order valence-corrected chi connectivity index (χ2v) is 4.32. The van der Waals surface area contributed by atoms with Gasteiger partial charge in [-0.25, -0.2) is 4.98 Å². The lowest BCUT2D eigenvalue weighted by molar-refractivity contribution is 0.820. The smallest absolute Gasteiger partial charge is 0.112 e. The molecule has 0 aliphatic heterocycles. The van der Waals surface area contributed by atoms with Gasteiger partial charge < -0.3 is 4.57 Å². The molecule has 1 aromatic heterocycles. The maximum atomic E-state index is 6.14. The van der Waals surface area contributed by atoms with E-state index in [2.05, 4.69) is 16.6 Å². The second-order valence-electron chi connectivity index (χ2n) is 3.91. The molecule has 3 rings (SSSR count). The predicted octanol–water partition coefficient (Wildman–Crippen LogP) is 3.10. The van der Waals surface area contributed by atoms with Crippen LogP contribution in [0.3, 0.4) is 0 Å². The van der Waals surface area contributed by atoms with Gasteiger partial charge in [0.25, 0.3) is 0 Å². The Morgan fingerprint density at radius 2 is 2.21 bits per heavy atom. The summed E-state index contributed by atoms with van der Waals surface area (Å²) in [6.07, 6.45) is 2.55. The summed E-state index contributed by atoms with van der Waals surface area (Å²) in [6, 6.07) is 5.89. The quantitative estimate of drug-likeness (QED) is 0.701. The predicted molar refractivity (Wildman–Crippen MR) is 57.7 cm³/mol. The lowest BCUT2D eigenvalue weighted by atomic mass is 10.3. The molecule has 0 amide bonds. The Morgan fingerprint density at radius 3 is 2.86 bits per heavy atom. The van der Waals surface area contributed by atoms with Crippen LogP contribution in [0, 0.1) is 0 Å². The second kappa shape index (κ2) is 2.74. The average molecular weight is 207 g/mol. The molecule has 1 aliphatic carbocycles. The fraction of sp³-hybridized carbons (Fsp3) is 0.364. The minimum Gasteiger partial charge on any atom is -0.330 e. The third-order valence-electron chi connectivity index (χ3n) is 2.82. The molecule has 0 radical (unpaired) electrons. The molecule has 2 nitrogen and oxygen atoms in total. The monoisotopic (exact) mass is 206 g/mol. The summed E-state index contributed by atoms with van der Waals surface area (Å²) >= 11 is 6.14. The van der Waals surface area contributed by atoms with E-state index in [1.54, 1.807) is 0 Å². The number of benzene rings is 1. The van der Waals surface area contributed by atoms with Crippen LogP contribution in [0.5, 0.6) is 0 Å². The molecule has 0 saturated heterocycles. The van der Waals surface area contributed by atoms with Crippen LogP contribution in [-0.2, 0) is 7.05 Å². The lowest BCUT2D eigenvalue weighted by Crippen LogP contribution is -1.95. The van der Waals surface area contributed by atoms with Crippen LogP contribution in [0.1, 0.15) is 24.6 Å². The maximum Gasteiger partial charge on any atom is 0.112 e. The third kappa shape index (κ3) is 1.07. The van der Waals surface area contributed by atoms with E-state index in [0.717, 1.165) is 16.1 Å². The molecule has 0 unspecified atom stereocenters. The largest absolute Gasteiger partial charge is 0.330 e. The van der Waals surface area contributed by atoms with Gasteiger partial charge in [-0.15, -0.1) is 0 Å². The number of para-hydroxylation sites is 1. The highest BCUT2D eigenvalue weighted by Gasteiger charge is 2.28. The number of imidazole rings is 1. The van der Waals surface area contributed by atoms with E-state index in [0.29, 0.717) is 5.92 Å². The van der Waals surface area contributed by atoms with Gasteiger partial charge in [0.1, 0.15) is 5.82 Å². The lowest BCUT2D eigenvalue weighted by Gasteiger charge is -2.00. The van der Waals surface area contributed by atoms with Crippen LogP contribution < -0.4 is 0 Å². The van der Waals surface area contributed by atoms with Gasteiger partial charge in [0.2, 0.25) is 0 Å². The van der Waals surface area contributed by atoms with Gasteiger partial charge in [0.05, 0.1) is 16.1 Å². The Bertz CT molecular complexity index is 497. The van der Waals surface area contributed by atoms with Crippen LogP contribution in [-0.4, -0.2) is 9.55 Å². The molecule has 72 valence electrons. The first-order valence-corrected chi connectivity index (χ1v) is 5.26. The van der Waals surface area contributed by atoms with Crippen LogP contribution in [0.15, 0.2) is 18.2 Å². The molecule has 2 aromatic rings. The molecule has 1 aliphatic rings. The Balaban J connectivity index is 2.34. The third-order valence-corrected chi connectivity index (χ3v) is 3.13. The van der Waals surface area contributed by atoms with Crippen molar-refractivity contribution in [3.8, 4) is 0 Å². The molecular formula is C11H11ClN2. The molecule has 0 spiro atoms. The van der Waals surface area contributed by atoms with E-state index < -0.39 is 0 Å². The minimum absolute atomic E-state index is 0.670. The average Bonchev–Trinajstić information content (AvgIpc) is 2.93. The van der Waals surface area contributed by atoms with E-state index in [4.69, 9.17) is 11.6 Å². The number of hydrogen-bond donors (Lipinski definition) is 0. The number of fused-ring (bicyclic) bond motifs is 1. The Kier molecular flexibility index (Phi) is 1.62. The zero-order valence-electron chi connectivity index (χ0n) is 8.00. The van der Waals surface area contributed by atoms with E-state index in [-0.39, 0.29) is 0 Å². The molecule has 0 N–H and O–H groups in total. The van der Waals surface area contributed by atoms with Gasteiger partial charge in [-0.05, 0) is 25.0 Å². The summed E-state index contributed by atoms with van der Waals surface area (Å²) in [7, 11) is 2.05. The number of nitrogens with zero attached hydrogens (tertiary/aromatic N) is 2. The summed E-state index contributed by atoms with van der Waals surface area (Å²) in [6.45, 7) is 0. The summed E-state index contributed by atoms with van der Waals surface area (Å²) in [4.78, 5) is 4.61. The SMILES string of the molecule is Cn1c(C2CC2)nc2cccc(Cl)c21. The van der Waals surface area contributed by atoms with Gasteiger partial charge in [0, 0.05) is 13.0 Å². The van der Waals surface area contributed by atoms with Crippen molar-refractivity contribution in [3.63, 3.8) is 0 Å². The number of aromatic nitrogens is 2. The molecule has 1 fully saturated rings. The molecule has 1 aromatic carbocycles. The van der Waals surface area contributed by atoms with Crippen molar-refractivity contribution < 1.29 is 0 Å². The van der Waals surface area contributed by atoms with Gasteiger partial charge in [0.15, 0.2) is 0 Å². The maximum absolute atomic E-state index is 6.14. The topological polar surface area (TPSA) is 17.8 Å². The highest BCUT2D eigenvalue weighted by molar-refractivity contribution is 6.35. The summed E-state index contributed by atoms with van der Waals surface area (Å²) in [5, 5.41) is 0.796. The first-order chi connectivity index (χ1) is 6.77. The van der Waals surface area contributed by atoms with Crippen molar-refractivity contribution in [3.05, 3.63) is 29.0 Å². The number of halogens is 1. The van der Waals surface area contributed by atoms with Crippen molar-refractivity contribution in [2.45, 2.75) is 18.8 Å². The molecule has 0 bridgehead atoms. The fourth-order valence-corrected chi connectivity index (χ4v) is 2.24. The van der Waals surface area contributed by atoms with E-state index in [9.17, 15) is 0 Å². The van der Waals surface area contributed by atoms with Crippen LogP contribution in [0.2, 0.25) is 5.02 Å². The molecule has 3 heteroatoms. The first kappa shape index (κ1) is 8.30. The minimum atomic E-state index is 0.670. The molecular weight excluding hydrogens is 196 g/mol. The molecule has 14 heavy (non-hydrogen) atoms. The molecule has 1 saturated carbocycles. The summed E-state index contributed by atoms with van der Waals surface area (Å²) in [5.41, 5.74) is 2.08. The molecule has 0 atom stereocenters. The highest BCUT2D eigenvalue weighted by atomic mass is 35.5. The van der Waals surface area contributed by atoms with E-state index in [1.165, 1.54) is 18.7 Å². The van der Waals surface area contributed by atoms with Crippen molar-refractivity contribution >= 4 is 22.6 Å². The zero-order valence-corrected chi connectivity index (χ0v) is 8.75. The van der Waals surface area contributed by atoms with Crippen LogP contribution in [0.4, 0.5) is 0 Å². The van der Waals surface area contributed by atoms with Gasteiger partial charge in [-0.2, -0.15) is 0 Å². The summed E-state index contributed by atoms with van der Waals surface area (Å²) in [5.74, 6) is 1.86. The van der Waals surface area contributed by atoms with Crippen molar-refractivity contribution in [1.82, 2.24) is 9.55 Å². The van der Waals surface area contributed by atoms with Crippen molar-refractivity contribution in [2.75, 3.05) is 0 Å². The number of rotatable bonds is 1. The standard InChI is InChI=1S/C11H11ClN2/c1-14-10-8(12)3-2-4-9(10)13-11(14)7-5-6-7/h2-4,7H,5-6H2,1H3.